The van der Waals surface area contributed by atoms with Crippen molar-refractivity contribution >= 4 is 39.4 Å². The fourth-order valence-electron chi connectivity index (χ4n) is 3.73. The molecule has 1 aromatic heterocycles. The maximum atomic E-state index is 12.8. The molecule has 7 nitrogen and oxygen atoms in total. The highest BCUT2D eigenvalue weighted by Crippen LogP contribution is 2.36. The van der Waals surface area contributed by atoms with E-state index in [1.165, 1.54) is 0 Å². The third-order valence-electron chi connectivity index (χ3n) is 5.16. The Kier molecular flexibility index (Phi) is 4.38. The Labute approximate surface area is 161 Å². The van der Waals surface area contributed by atoms with Gasteiger partial charge in [-0.3, -0.25) is 14.5 Å². The molecule has 3 heterocycles. The van der Waals surface area contributed by atoms with Crippen molar-refractivity contribution in [3.05, 3.63) is 29.3 Å². The fraction of sp³-hybridized carbons (Fsp3) is 0.474. The SMILES string of the molecule is CC1(C)NC(=O)N(CCC(=O)N2CCC[C@H]2c2nc3ccccc3s2)C1=O. The van der Waals surface area contributed by atoms with Crippen LogP contribution in [0.3, 0.4) is 0 Å². The van der Waals surface area contributed by atoms with Crippen molar-refractivity contribution in [2.45, 2.75) is 44.7 Å². The molecule has 8 heteroatoms. The maximum absolute atomic E-state index is 12.8. The van der Waals surface area contributed by atoms with Gasteiger partial charge in [0.05, 0.1) is 16.3 Å². The largest absolute Gasteiger partial charge is 0.333 e. The van der Waals surface area contributed by atoms with Gasteiger partial charge >= 0.3 is 6.03 Å². The van der Waals surface area contributed by atoms with Gasteiger partial charge in [0.1, 0.15) is 10.5 Å². The molecule has 142 valence electrons. The first-order valence-electron chi connectivity index (χ1n) is 9.16. The number of hydrogen-bond acceptors (Lipinski definition) is 5. The minimum absolute atomic E-state index is 0.0190. The second kappa shape index (κ2) is 6.60. The first-order valence-corrected chi connectivity index (χ1v) is 9.97. The minimum atomic E-state index is -0.905. The zero-order valence-corrected chi connectivity index (χ0v) is 16.2. The van der Waals surface area contributed by atoms with E-state index >= 15 is 0 Å². The number of imide groups is 1. The van der Waals surface area contributed by atoms with E-state index in [-0.39, 0.29) is 30.8 Å². The number of likely N-dealkylation sites (tertiary alicyclic amines) is 1. The van der Waals surface area contributed by atoms with Crippen molar-refractivity contribution in [2.75, 3.05) is 13.1 Å². The van der Waals surface area contributed by atoms with Crippen LogP contribution in [0.25, 0.3) is 10.2 Å². The lowest BCUT2D eigenvalue weighted by Crippen LogP contribution is -2.41. The number of amides is 4. The number of carbonyl (C=O) groups excluding carboxylic acids is 3. The van der Waals surface area contributed by atoms with Gasteiger partial charge in [-0.15, -0.1) is 11.3 Å². The van der Waals surface area contributed by atoms with Crippen LogP contribution in [0.2, 0.25) is 0 Å². The van der Waals surface area contributed by atoms with Crippen molar-refractivity contribution in [3.63, 3.8) is 0 Å². The number of carbonyl (C=O) groups is 3. The Morgan fingerprint density at radius 2 is 2.11 bits per heavy atom. The number of thiazole rings is 1. The molecule has 0 radical (unpaired) electrons. The van der Waals surface area contributed by atoms with Gasteiger partial charge in [0.15, 0.2) is 0 Å². The monoisotopic (exact) mass is 386 g/mol. The predicted octanol–water partition coefficient (Wildman–Crippen LogP) is 2.68. The van der Waals surface area contributed by atoms with Crippen molar-refractivity contribution < 1.29 is 14.4 Å². The van der Waals surface area contributed by atoms with Crippen molar-refractivity contribution in [1.82, 2.24) is 20.1 Å². The van der Waals surface area contributed by atoms with E-state index in [1.807, 2.05) is 29.2 Å². The normalized spacial score (nSPS) is 21.9. The summed E-state index contributed by atoms with van der Waals surface area (Å²) in [7, 11) is 0. The number of urea groups is 1. The molecule has 2 fully saturated rings. The Morgan fingerprint density at radius 3 is 2.81 bits per heavy atom. The molecular formula is C19H22N4O3S. The quantitative estimate of drug-likeness (QED) is 0.819. The highest BCUT2D eigenvalue weighted by atomic mass is 32.1. The average Bonchev–Trinajstić information content (AvgIpc) is 3.30. The molecule has 0 spiro atoms. The number of nitrogens with one attached hydrogen (secondary N) is 1. The molecule has 0 aliphatic carbocycles. The van der Waals surface area contributed by atoms with Crippen molar-refractivity contribution in [2.24, 2.45) is 0 Å². The Bertz CT molecular complexity index is 890. The third-order valence-corrected chi connectivity index (χ3v) is 6.30. The lowest BCUT2D eigenvalue weighted by atomic mass is 10.1. The molecule has 1 atom stereocenters. The summed E-state index contributed by atoms with van der Waals surface area (Å²) in [5.41, 5.74) is 0.0514. The molecular weight excluding hydrogens is 364 g/mol. The van der Waals surface area contributed by atoms with E-state index in [0.717, 1.165) is 33.0 Å². The number of aromatic nitrogens is 1. The van der Waals surface area contributed by atoms with Crippen LogP contribution in [0.1, 0.15) is 44.2 Å². The van der Waals surface area contributed by atoms with Crippen LogP contribution in [0.15, 0.2) is 24.3 Å². The second-order valence-electron chi connectivity index (χ2n) is 7.53. The molecule has 2 aliphatic heterocycles. The third kappa shape index (κ3) is 3.18. The van der Waals surface area contributed by atoms with Gasteiger partial charge in [-0.2, -0.15) is 0 Å². The fourth-order valence-corrected chi connectivity index (χ4v) is 4.84. The van der Waals surface area contributed by atoms with Crippen LogP contribution < -0.4 is 5.32 Å². The average molecular weight is 386 g/mol. The number of nitrogens with zero attached hydrogens (tertiary/aromatic N) is 3. The lowest BCUT2D eigenvalue weighted by molar-refractivity contribution is -0.133. The Balaban J connectivity index is 1.45. The molecule has 4 rings (SSSR count). The number of hydrogen-bond donors (Lipinski definition) is 1. The van der Waals surface area contributed by atoms with E-state index < -0.39 is 11.6 Å². The van der Waals surface area contributed by atoms with E-state index in [2.05, 4.69) is 5.32 Å². The van der Waals surface area contributed by atoms with Gasteiger partial charge in [-0.1, -0.05) is 12.1 Å². The Morgan fingerprint density at radius 1 is 1.33 bits per heavy atom. The van der Waals surface area contributed by atoms with Gasteiger partial charge in [0, 0.05) is 19.5 Å². The zero-order chi connectivity index (χ0) is 19.2. The summed E-state index contributed by atoms with van der Waals surface area (Å²) in [6.45, 7) is 4.12. The molecule has 0 unspecified atom stereocenters. The van der Waals surface area contributed by atoms with E-state index in [1.54, 1.807) is 25.2 Å². The summed E-state index contributed by atoms with van der Waals surface area (Å²) in [6.07, 6.45) is 1.96. The molecule has 27 heavy (non-hydrogen) atoms. The number of benzene rings is 1. The van der Waals surface area contributed by atoms with Gasteiger partial charge in [0.25, 0.3) is 5.91 Å². The van der Waals surface area contributed by atoms with Crippen LogP contribution >= 0.6 is 11.3 Å². The van der Waals surface area contributed by atoms with Crippen molar-refractivity contribution in [1.29, 1.82) is 0 Å². The summed E-state index contributed by atoms with van der Waals surface area (Å²) in [5.74, 6) is -0.327. The first-order chi connectivity index (χ1) is 12.9. The topological polar surface area (TPSA) is 82.6 Å². The van der Waals surface area contributed by atoms with Gasteiger partial charge in [-0.25, -0.2) is 9.78 Å². The molecule has 1 N–H and O–H groups in total. The number of rotatable bonds is 4. The Hall–Kier alpha value is -2.48. The molecule has 2 saturated heterocycles. The van der Waals surface area contributed by atoms with Crippen LogP contribution in [0, 0.1) is 0 Å². The predicted molar refractivity (Wildman–Crippen MR) is 102 cm³/mol. The van der Waals surface area contributed by atoms with E-state index in [9.17, 15) is 14.4 Å². The summed E-state index contributed by atoms with van der Waals surface area (Å²) in [4.78, 5) is 44.7. The molecule has 2 aromatic rings. The molecule has 0 bridgehead atoms. The first kappa shape index (κ1) is 17.9. The second-order valence-corrected chi connectivity index (χ2v) is 8.59. The van der Waals surface area contributed by atoms with Crippen LogP contribution in [-0.4, -0.2) is 51.3 Å². The van der Waals surface area contributed by atoms with Gasteiger partial charge in [0.2, 0.25) is 5.91 Å². The van der Waals surface area contributed by atoms with Crippen molar-refractivity contribution in [3.8, 4) is 0 Å². The van der Waals surface area contributed by atoms with Crippen LogP contribution in [0.5, 0.6) is 0 Å². The standard InChI is InChI=1S/C19H22N4O3S/c1-19(2)17(25)23(18(26)21-19)11-9-15(24)22-10-5-7-13(22)16-20-12-6-3-4-8-14(12)27-16/h3-4,6,8,13H,5,7,9-11H2,1-2H3,(H,21,26)/t13-/m0/s1. The smallest absolute Gasteiger partial charge is 0.325 e. The van der Waals surface area contributed by atoms with E-state index in [0.29, 0.717) is 6.54 Å². The minimum Gasteiger partial charge on any atom is -0.333 e. The molecule has 2 aliphatic rings. The van der Waals surface area contributed by atoms with Crippen LogP contribution in [-0.2, 0) is 9.59 Å². The van der Waals surface area contributed by atoms with Crippen LogP contribution in [0.4, 0.5) is 4.79 Å². The highest BCUT2D eigenvalue weighted by Gasteiger charge is 2.44. The maximum Gasteiger partial charge on any atom is 0.325 e. The lowest BCUT2D eigenvalue weighted by Gasteiger charge is -2.24. The van der Waals surface area contributed by atoms with Gasteiger partial charge in [-0.05, 0) is 38.8 Å². The molecule has 0 saturated carbocycles. The molecule has 1 aromatic carbocycles. The summed E-state index contributed by atoms with van der Waals surface area (Å²) in [6, 6.07) is 7.52. The zero-order valence-electron chi connectivity index (χ0n) is 15.4. The van der Waals surface area contributed by atoms with E-state index in [4.69, 9.17) is 4.98 Å². The molecule has 4 amide bonds. The summed E-state index contributed by atoms with van der Waals surface area (Å²) < 4.78 is 1.12. The summed E-state index contributed by atoms with van der Waals surface area (Å²) in [5, 5.41) is 3.60. The highest BCUT2D eigenvalue weighted by molar-refractivity contribution is 7.18. The number of para-hydroxylation sites is 1. The summed E-state index contributed by atoms with van der Waals surface area (Å²) >= 11 is 1.63. The number of fused-ring (bicyclic) bond motifs is 1. The van der Waals surface area contributed by atoms with Gasteiger partial charge < -0.3 is 10.2 Å².